The number of aliphatic carboxylic acids is 1. The third-order valence-corrected chi connectivity index (χ3v) is 3.20. The van der Waals surface area contributed by atoms with E-state index >= 15 is 0 Å². The van der Waals surface area contributed by atoms with Crippen molar-refractivity contribution in [2.75, 3.05) is 6.61 Å². The van der Waals surface area contributed by atoms with Crippen LogP contribution in [-0.4, -0.2) is 23.8 Å². The van der Waals surface area contributed by atoms with E-state index in [-0.39, 0.29) is 17.4 Å². The highest BCUT2D eigenvalue weighted by molar-refractivity contribution is 5.76. The van der Waals surface area contributed by atoms with Gasteiger partial charge in [-0.05, 0) is 18.8 Å². The van der Waals surface area contributed by atoms with E-state index in [0.29, 0.717) is 5.92 Å². The first-order chi connectivity index (χ1) is 6.03. The molecule has 0 aliphatic heterocycles. The molecule has 0 radical (unpaired) electrons. The van der Waals surface area contributed by atoms with E-state index in [1.54, 1.807) is 0 Å². The largest absolute Gasteiger partial charge is 0.481 e. The highest BCUT2D eigenvalue weighted by Crippen LogP contribution is 2.54. The molecular weight excluding hydrogens is 168 g/mol. The van der Waals surface area contributed by atoms with Gasteiger partial charge in [-0.3, -0.25) is 4.79 Å². The average Bonchev–Trinajstić information content (AvgIpc) is 2.83. The molecule has 2 fully saturated rings. The summed E-state index contributed by atoms with van der Waals surface area (Å²) in [5.74, 6) is -0.289. The van der Waals surface area contributed by atoms with Crippen LogP contribution < -0.4 is 0 Å². The Balaban J connectivity index is 1.83. The van der Waals surface area contributed by atoms with Crippen LogP contribution in [-0.2, 0) is 9.53 Å². The maximum Gasteiger partial charge on any atom is 0.309 e. The maximum atomic E-state index is 10.8. The van der Waals surface area contributed by atoms with Crippen molar-refractivity contribution in [3.8, 4) is 0 Å². The van der Waals surface area contributed by atoms with E-state index in [2.05, 4.69) is 0 Å². The predicted molar refractivity (Wildman–Crippen MR) is 47.4 cm³/mol. The Hall–Kier alpha value is -0.570. The lowest BCUT2D eigenvalue weighted by atomic mass is 10.1. The molecule has 2 saturated carbocycles. The fraction of sp³-hybridized carbons (Fsp3) is 0.900. The van der Waals surface area contributed by atoms with E-state index < -0.39 is 5.97 Å². The molecule has 2 aliphatic carbocycles. The third kappa shape index (κ3) is 1.57. The first-order valence-corrected chi connectivity index (χ1v) is 4.88. The van der Waals surface area contributed by atoms with Gasteiger partial charge in [0.05, 0.1) is 12.0 Å². The monoisotopic (exact) mass is 184 g/mol. The smallest absolute Gasteiger partial charge is 0.309 e. The molecule has 0 aromatic carbocycles. The van der Waals surface area contributed by atoms with Crippen LogP contribution in [0.1, 0.15) is 26.7 Å². The van der Waals surface area contributed by atoms with Crippen molar-refractivity contribution in [2.45, 2.75) is 32.8 Å². The van der Waals surface area contributed by atoms with Gasteiger partial charge in [-0.15, -0.1) is 0 Å². The number of carbonyl (C=O) groups is 1. The molecule has 2 aliphatic rings. The molecule has 3 nitrogen and oxygen atoms in total. The van der Waals surface area contributed by atoms with Gasteiger partial charge >= 0.3 is 5.97 Å². The minimum absolute atomic E-state index is 0.0504. The van der Waals surface area contributed by atoms with Crippen molar-refractivity contribution in [1.82, 2.24) is 0 Å². The first kappa shape index (κ1) is 9.00. The fourth-order valence-corrected chi connectivity index (χ4v) is 1.87. The number of hydrogen-bond acceptors (Lipinski definition) is 2. The van der Waals surface area contributed by atoms with Gasteiger partial charge in [0, 0.05) is 12.0 Å². The number of ether oxygens (including phenoxy) is 1. The summed E-state index contributed by atoms with van der Waals surface area (Å²) in [5, 5.41) is 8.86. The molecule has 2 unspecified atom stereocenters. The number of hydrogen-bond donors (Lipinski definition) is 1. The van der Waals surface area contributed by atoms with Crippen molar-refractivity contribution in [1.29, 1.82) is 0 Å². The molecule has 0 spiro atoms. The zero-order valence-corrected chi connectivity index (χ0v) is 8.12. The van der Waals surface area contributed by atoms with E-state index in [1.165, 1.54) is 12.8 Å². The summed E-state index contributed by atoms with van der Waals surface area (Å²) in [6.07, 6.45) is 2.46. The Morgan fingerprint density at radius 3 is 2.54 bits per heavy atom. The summed E-state index contributed by atoms with van der Waals surface area (Å²) in [6, 6.07) is 0. The second-order valence-electron chi connectivity index (χ2n) is 4.83. The molecule has 0 bridgehead atoms. The molecule has 2 rings (SSSR count). The number of carboxylic acids is 1. The van der Waals surface area contributed by atoms with Crippen LogP contribution in [0.25, 0.3) is 0 Å². The molecule has 2 atom stereocenters. The van der Waals surface area contributed by atoms with Gasteiger partial charge in [0.15, 0.2) is 0 Å². The van der Waals surface area contributed by atoms with Gasteiger partial charge < -0.3 is 9.84 Å². The van der Waals surface area contributed by atoms with Gasteiger partial charge in [-0.25, -0.2) is 0 Å². The highest BCUT2D eigenvalue weighted by Gasteiger charge is 2.63. The van der Waals surface area contributed by atoms with Crippen molar-refractivity contribution in [3.05, 3.63) is 0 Å². The summed E-state index contributed by atoms with van der Waals surface area (Å²) in [6.45, 7) is 4.69. The van der Waals surface area contributed by atoms with Crippen molar-refractivity contribution < 1.29 is 14.6 Å². The molecule has 0 aromatic rings. The van der Waals surface area contributed by atoms with Crippen LogP contribution in [0.4, 0.5) is 0 Å². The Bertz CT molecular complexity index is 230. The molecule has 0 aromatic heterocycles. The van der Waals surface area contributed by atoms with Crippen LogP contribution in [0.3, 0.4) is 0 Å². The summed E-state index contributed by atoms with van der Waals surface area (Å²) in [5.41, 5.74) is -0.152. The normalized spacial score (nSPS) is 35.8. The first-order valence-electron chi connectivity index (χ1n) is 4.88. The van der Waals surface area contributed by atoms with E-state index in [4.69, 9.17) is 9.84 Å². The van der Waals surface area contributed by atoms with E-state index in [9.17, 15) is 4.79 Å². The topological polar surface area (TPSA) is 46.5 Å². The molecule has 1 N–H and O–H groups in total. The molecule has 3 heteroatoms. The second kappa shape index (κ2) is 2.71. The quantitative estimate of drug-likeness (QED) is 0.720. The average molecular weight is 184 g/mol. The summed E-state index contributed by atoms with van der Waals surface area (Å²) >= 11 is 0. The summed E-state index contributed by atoms with van der Waals surface area (Å²) < 4.78 is 5.59. The van der Waals surface area contributed by atoms with Crippen LogP contribution >= 0.6 is 0 Å². The zero-order chi connectivity index (χ0) is 9.64. The second-order valence-corrected chi connectivity index (χ2v) is 4.83. The number of rotatable bonds is 4. The molecular formula is C10H16O3. The molecule has 13 heavy (non-hydrogen) atoms. The number of carboxylic acid groups (broad SMARTS) is 1. The van der Waals surface area contributed by atoms with Gasteiger partial charge in [0.25, 0.3) is 0 Å². The fourth-order valence-electron chi connectivity index (χ4n) is 1.87. The zero-order valence-electron chi connectivity index (χ0n) is 8.12. The lowest BCUT2D eigenvalue weighted by Crippen LogP contribution is -2.06. The van der Waals surface area contributed by atoms with Gasteiger partial charge in [-0.1, -0.05) is 13.8 Å². The molecule has 0 heterocycles. The minimum atomic E-state index is -0.717. The summed E-state index contributed by atoms with van der Waals surface area (Å²) in [7, 11) is 0. The SMILES string of the molecule is CC1(C)C(OCC2CC2)C1C(=O)O. The Labute approximate surface area is 78.1 Å². The Morgan fingerprint density at radius 1 is 1.54 bits per heavy atom. The minimum Gasteiger partial charge on any atom is -0.481 e. The van der Waals surface area contributed by atoms with Crippen molar-refractivity contribution in [3.63, 3.8) is 0 Å². The lowest BCUT2D eigenvalue weighted by Gasteiger charge is -2.02. The van der Waals surface area contributed by atoms with Crippen molar-refractivity contribution >= 4 is 5.97 Å². The predicted octanol–water partition coefficient (Wildman–Crippen LogP) is 1.52. The van der Waals surface area contributed by atoms with Crippen LogP contribution in [0, 0.1) is 17.3 Å². The van der Waals surface area contributed by atoms with Crippen LogP contribution in [0.15, 0.2) is 0 Å². The van der Waals surface area contributed by atoms with Gasteiger partial charge in [-0.2, -0.15) is 0 Å². The van der Waals surface area contributed by atoms with Crippen molar-refractivity contribution in [2.24, 2.45) is 17.3 Å². The molecule has 0 amide bonds. The highest BCUT2D eigenvalue weighted by atomic mass is 16.5. The van der Waals surface area contributed by atoms with Gasteiger partial charge in [0.1, 0.15) is 0 Å². The van der Waals surface area contributed by atoms with E-state index in [0.717, 1.165) is 6.61 Å². The standard InChI is InChI=1S/C10H16O3/c1-10(2)7(9(11)12)8(10)13-5-6-3-4-6/h6-8H,3-5H2,1-2H3,(H,11,12). The molecule has 0 saturated heterocycles. The van der Waals surface area contributed by atoms with Gasteiger partial charge in [0.2, 0.25) is 0 Å². The van der Waals surface area contributed by atoms with Crippen LogP contribution in [0.2, 0.25) is 0 Å². The molecule has 74 valence electrons. The Morgan fingerprint density at radius 2 is 2.15 bits per heavy atom. The Kier molecular flexibility index (Phi) is 1.88. The maximum absolute atomic E-state index is 10.8. The third-order valence-electron chi connectivity index (χ3n) is 3.20. The van der Waals surface area contributed by atoms with Crippen LogP contribution in [0.5, 0.6) is 0 Å². The van der Waals surface area contributed by atoms with E-state index in [1.807, 2.05) is 13.8 Å². The lowest BCUT2D eigenvalue weighted by molar-refractivity contribution is -0.140. The summed E-state index contributed by atoms with van der Waals surface area (Å²) in [4.78, 5) is 10.8.